The Morgan fingerprint density at radius 1 is 1.12 bits per heavy atom. The molecule has 1 N–H and O–H groups in total. The second kappa shape index (κ2) is 9.20. The summed E-state index contributed by atoms with van der Waals surface area (Å²) in [5.41, 5.74) is -1.15. The molecule has 0 radical (unpaired) electrons. The Kier molecular flexibility index (Phi) is 6.47. The van der Waals surface area contributed by atoms with Crippen molar-refractivity contribution in [1.82, 2.24) is 4.90 Å². The maximum Gasteiger partial charge on any atom is 0.410 e. The molecule has 4 rings (SSSR count). The predicted molar refractivity (Wildman–Crippen MR) is 126 cm³/mol. The van der Waals surface area contributed by atoms with Gasteiger partial charge in [0, 0.05) is 13.1 Å². The van der Waals surface area contributed by atoms with Crippen LogP contribution in [0, 0.1) is 17.2 Å². The fourth-order valence-electron chi connectivity index (χ4n) is 4.95. The number of rotatable bonds is 4. The van der Waals surface area contributed by atoms with E-state index in [0.29, 0.717) is 37.6 Å². The summed E-state index contributed by atoms with van der Waals surface area (Å²) < 4.78 is 20.1. The third kappa shape index (κ3) is 4.83. The minimum atomic E-state index is -1.32. The van der Waals surface area contributed by atoms with Crippen LogP contribution in [0.4, 0.5) is 9.18 Å². The maximum atomic E-state index is 14.6. The highest BCUT2D eigenvalue weighted by atomic mass is 19.1. The van der Waals surface area contributed by atoms with Gasteiger partial charge in [0.1, 0.15) is 22.2 Å². The molecule has 0 spiro atoms. The largest absolute Gasteiger partial charge is 0.481 e. The van der Waals surface area contributed by atoms with Crippen LogP contribution < -0.4 is 10.6 Å². The van der Waals surface area contributed by atoms with E-state index in [9.17, 15) is 19.1 Å². The number of carbonyl (C=O) groups excluding carboxylic acids is 1. The Bertz CT molecular complexity index is 1180. The number of benzene rings is 2. The molecule has 2 aliphatic rings. The van der Waals surface area contributed by atoms with E-state index in [-0.39, 0.29) is 17.4 Å². The van der Waals surface area contributed by atoms with E-state index < -0.39 is 28.8 Å². The molecular weight excluding hydrogens is 435 g/mol. The minimum Gasteiger partial charge on any atom is -0.481 e. The van der Waals surface area contributed by atoms with E-state index >= 15 is 0 Å². The lowest BCUT2D eigenvalue weighted by molar-refractivity contribution is -0.147. The second-order valence-electron chi connectivity index (χ2n) is 10.2. The van der Waals surface area contributed by atoms with Gasteiger partial charge in [-0.3, -0.25) is 9.79 Å². The molecule has 2 aromatic carbocycles. The van der Waals surface area contributed by atoms with Gasteiger partial charge in [0.15, 0.2) is 0 Å². The molecule has 0 aromatic heterocycles. The van der Waals surface area contributed by atoms with Gasteiger partial charge in [-0.2, -0.15) is 0 Å². The summed E-state index contributed by atoms with van der Waals surface area (Å²) in [5.74, 6) is -1.36. The number of carbonyl (C=O) groups is 2. The van der Waals surface area contributed by atoms with Crippen LogP contribution in [-0.4, -0.2) is 40.8 Å². The number of carboxylic acid groups (broad SMARTS) is 1. The summed E-state index contributed by atoms with van der Waals surface area (Å²) in [4.78, 5) is 31.7. The van der Waals surface area contributed by atoms with Gasteiger partial charge < -0.3 is 14.7 Å². The number of aliphatic carboxylic acids is 1. The van der Waals surface area contributed by atoms with Gasteiger partial charge in [0.2, 0.25) is 0 Å². The van der Waals surface area contributed by atoms with Crippen LogP contribution in [0.15, 0.2) is 53.5 Å². The first-order valence-electron chi connectivity index (χ1n) is 11.7. The molecule has 6 nitrogen and oxygen atoms in total. The summed E-state index contributed by atoms with van der Waals surface area (Å²) >= 11 is 0. The summed E-state index contributed by atoms with van der Waals surface area (Å²) in [6.07, 6.45) is 3.03. The zero-order chi connectivity index (χ0) is 24.5. The van der Waals surface area contributed by atoms with Crippen molar-refractivity contribution < 1.29 is 23.8 Å². The molecule has 0 saturated carbocycles. The van der Waals surface area contributed by atoms with Gasteiger partial charge in [-0.1, -0.05) is 48.5 Å². The Morgan fingerprint density at radius 3 is 2.41 bits per heavy atom. The normalized spacial score (nSPS) is 22.8. The Hall–Kier alpha value is -3.22. The molecule has 1 saturated heterocycles. The van der Waals surface area contributed by atoms with Crippen molar-refractivity contribution in [2.24, 2.45) is 16.3 Å². The Morgan fingerprint density at radius 2 is 1.79 bits per heavy atom. The average molecular weight is 467 g/mol. The number of fused-ring (bicyclic) bond motifs is 1. The number of halogens is 1. The zero-order valence-corrected chi connectivity index (χ0v) is 19.8. The molecule has 2 unspecified atom stereocenters. The van der Waals surface area contributed by atoms with Crippen molar-refractivity contribution >= 4 is 18.1 Å². The highest BCUT2D eigenvalue weighted by molar-refractivity contribution is 5.84. The van der Waals surface area contributed by atoms with Crippen molar-refractivity contribution in [3.63, 3.8) is 0 Å². The van der Waals surface area contributed by atoms with E-state index in [1.807, 2.05) is 51.1 Å². The highest BCUT2D eigenvalue weighted by Gasteiger charge is 2.48. The molecule has 1 amide bonds. The van der Waals surface area contributed by atoms with Crippen LogP contribution in [-0.2, 0) is 9.53 Å². The van der Waals surface area contributed by atoms with Gasteiger partial charge in [0.05, 0.1) is 6.04 Å². The summed E-state index contributed by atoms with van der Waals surface area (Å²) in [6.45, 7) is 6.52. The number of likely N-dealkylation sites (tertiary alicyclic amines) is 1. The van der Waals surface area contributed by atoms with Gasteiger partial charge in [0.25, 0.3) is 0 Å². The van der Waals surface area contributed by atoms with E-state index in [2.05, 4.69) is 4.99 Å². The van der Waals surface area contributed by atoms with Gasteiger partial charge in [-0.05, 0) is 62.8 Å². The number of ether oxygens (including phenoxy) is 1. The molecule has 2 aromatic rings. The summed E-state index contributed by atoms with van der Waals surface area (Å²) in [7, 11) is 0. The molecule has 0 bridgehead atoms. The molecule has 1 fully saturated rings. The van der Waals surface area contributed by atoms with E-state index in [1.165, 1.54) is 6.07 Å². The smallest absolute Gasteiger partial charge is 0.410 e. The highest BCUT2D eigenvalue weighted by Crippen LogP contribution is 2.46. The molecule has 0 aliphatic carbocycles. The summed E-state index contributed by atoms with van der Waals surface area (Å²) in [5, 5.41) is 11.2. The minimum absolute atomic E-state index is 0.0718. The molecule has 34 heavy (non-hydrogen) atoms. The Balaban J connectivity index is 1.65. The molecule has 2 heterocycles. The monoisotopic (exact) mass is 466 g/mol. The average Bonchev–Trinajstić information content (AvgIpc) is 2.78. The number of carboxylic acids is 1. The molecule has 7 heteroatoms. The van der Waals surface area contributed by atoms with Crippen LogP contribution in [0.5, 0.6) is 0 Å². The van der Waals surface area contributed by atoms with Crippen molar-refractivity contribution in [2.45, 2.75) is 51.7 Å². The predicted octanol–water partition coefficient (Wildman–Crippen LogP) is 4.09. The van der Waals surface area contributed by atoms with Crippen LogP contribution in [0.1, 0.15) is 51.6 Å². The maximum absolute atomic E-state index is 14.6. The first-order valence-corrected chi connectivity index (χ1v) is 11.7. The van der Waals surface area contributed by atoms with Crippen molar-refractivity contribution in [3.8, 4) is 0 Å². The van der Waals surface area contributed by atoms with Gasteiger partial charge in [-0.25, -0.2) is 9.18 Å². The lowest BCUT2D eigenvalue weighted by Crippen LogP contribution is -2.47. The Labute approximate surface area is 198 Å². The number of amides is 1. The van der Waals surface area contributed by atoms with Crippen LogP contribution >= 0.6 is 0 Å². The molecular formula is C27H31FN2O4. The molecule has 2 aliphatic heterocycles. The first kappa shape index (κ1) is 23.9. The van der Waals surface area contributed by atoms with E-state index in [0.717, 1.165) is 5.56 Å². The third-order valence-corrected chi connectivity index (χ3v) is 6.58. The standard InChI is InChI=1S/C27H31FN2O4/c1-26(2,3)34-25(33)30-14-12-18(13-15-30)16-27(24(31)32)17-20-10-7-11-21(28)22(20)29-23(27)19-8-5-4-6-9-19/h4-11,17-18,23H,12-16H2,1-3H3,(H,31,32). The van der Waals surface area contributed by atoms with Gasteiger partial charge in [-0.15, -0.1) is 0 Å². The summed E-state index contributed by atoms with van der Waals surface area (Å²) in [6, 6.07) is 13.1. The fraction of sp³-hybridized carbons (Fsp3) is 0.444. The fourth-order valence-corrected chi connectivity index (χ4v) is 4.95. The number of hydrogen-bond donors (Lipinski definition) is 1. The third-order valence-electron chi connectivity index (χ3n) is 6.58. The second-order valence-corrected chi connectivity index (χ2v) is 10.2. The SMILES string of the molecule is CC(C)(C)OC(=O)N1CCC(CC2(C(=O)O)C=c3cccc(F)c3=NC2c2ccccc2)CC1. The van der Waals surface area contributed by atoms with Crippen molar-refractivity contribution in [3.05, 3.63) is 70.5 Å². The van der Waals surface area contributed by atoms with Crippen LogP contribution in [0.2, 0.25) is 0 Å². The zero-order valence-electron chi connectivity index (χ0n) is 19.8. The molecule has 180 valence electrons. The van der Waals surface area contributed by atoms with Gasteiger partial charge >= 0.3 is 12.1 Å². The number of nitrogens with zero attached hydrogens (tertiary/aromatic N) is 2. The first-order chi connectivity index (χ1) is 16.1. The number of para-hydroxylation sites is 1. The number of piperidine rings is 1. The van der Waals surface area contributed by atoms with Crippen molar-refractivity contribution in [1.29, 1.82) is 0 Å². The quantitative estimate of drug-likeness (QED) is 0.736. The topological polar surface area (TPSA) is 79.2 Å². The lowest BCUT2D eigenvalue weighted by Gasteiger charge is -2.40. The lowest BCUT2D eigenvalue weighted by atomic mass is 9.68. The van der Waals surface area contributed by atoms with E-state index in [4.69, 9.17) is 4.74 Å². The van der Waals surface area contributed by atoms with Crippen LogP contribution in [0.3, 0.4) is 0 Å². The van der Waals surface area contributed by atoms with E-state index in [1.54, 1.807) is 23.1 Å². The van der Waals surface area contributed by atoms with Crippen molar-refractivity contribution in [2.75, 3.05) is 13.1 Å². The molecule has 2 atom stereocenters. The van der Waals surface area contributed by atoms with Crippen LogP contribution in [0.25, 0.3) is 6.08 Å². The number of hydrogen-bond acceptors (Lipinski definition) is 4.